The molecule has 9 nitrogen and oxygen atoms in total. The maximum atomic E-state index is 12.3. The van der Waals surface area contributed by atoms with Crippen LogP contribution in [0.2, 0.25) is 0 Å². The number of ether oxygens (including phenoxy) is 3. The number of hydrogen-bond donors (Lipinski definition) is 1. The number of amides is 3. The first-order valence-electron chi connectivity index (χ1n) is 7.46. The number of nitrogens with zero attached hydrogens (tertiary/aromatic N) is 1. The molecular formula is C16H18N2O7. The van der Waals surface area contributed by atoms with Crippen LogP contribution in [-0.2, 0) is 23.9 Å². The lowest BCUT2D eigenvalue weighted by atomic mass is 10.2. The van der Waals surface area contributed by atoms with Crippen molar-refractivity contribution in [3.8, 4) is 5.75 Å². The molecule has 0 aliphatic carbocycles. The highest BCUT2D eigenvalue weighted by atomic mass is 16.6. The predicted octanol–water partition coefficient (Wildman–Crippen LogP) is 0.615. The average Bonchev–Trinajstić information content (AvgIpc) is 2.60. The van der Waals surface area contributed by atoms with Crippen molar-refractivity contribution < 1.29 is 33.4 Å². The van der Waals surface area contributed by atoms with E-state index in [1.165, 1.54) is 18.7 Å². The fourth-order valence-corrected chi connectivity index (χ4v) is 2.21. The second-order valence-corrected chi connectivity index (χ2v) is 5.26. The Balaban J connectivity index is 2.06. The quantitative estimate of drug-likeness (QED) is 0.795. The van der Waals surface area contributed by atoms with Crippen molar-refractivity contribution in [1.82, 2.24) is 5.32 Å². The van der Waals surface area contributed by atoms with Crippen LogP contribution in [0.3, 0.4) is 0 Å². The fraction of sp³-hybridized carbons (Fsp3) is 0.375. The first-order chi connectivity index (χ1) is 11.8. The third-order valence-electron chi connectivity index (χ3n) is 3.49. The topological polar surface area (TPSA) is 111 Å². The smallest absolute Gasteiger partial charge is 0.413 e. The van der Waals surface area contributed by atoms with E-state index in [1.807, 2.05) is 5.32 Å². The number of nitrogens with one attached hydrogen (secondary N) is 1. The van der Waals surface area contributed by atoms with E-state index in [4.69, 9.17) is 9.47 Å². The Kier molecular flexibility index (Phi) is 5.58. The number of methoxy groups -OCH3 is 1. The number of esters is 1. The molecule has 1 aromatic carbocycles. The Labute approximate surface area is 143 Å². The van der Waals surface area contributed by atoms with Gasteiger partial charge >= 0.3 is 12.1 Å². The van der Waals surface area contributed by atoms with Crippen LogP contribution in [0, 0.1) is 0 Å². The van der Waals surface area contributed by atoms with Crippen LogP contribution in [0.15, 0.2) is 24.3 Å². The van der Waals surface area contributed by atoms with E-state index < -0.39 is 30.2 Å². The van der Waals surface area contributed by atoms with E-state index >= 15 is 0 Å². The number of rotatable bonds is 3. The number of fused-ring (bicyclic) bond motifs is 1. The van der Waals surface area contributed by atoms with Crippen molar-refractivity contribution in [3.63, 3.8) is 0 Å². The first-order valence-corrected chi connectivity index (χ1v) is 7.46. The monoisotopic (exact) mass is 350 g/mol. The maximum absolute atomic E-state index is 12.3. The van der Waals surface area contributed by atoms with Gasteiger partial charge in [-0.2, -0.15) is 0 Å². The van der Waals surface area contributed by atoms with Crippen molar-refractivity contribution in [2.45, 2.75) is 26.1 Å². The van der Waals surface area contributed by atoms with Gasteiger partial charge in [0.1, 0.15) is 5.75 Å². The number of anilines is 1. The van der Waals surface area contributed by atoms with E-state index in [0.717, 1.165) is 7.11 Å². The van der Waals surface area contributed by atoms with Crippen LogP contribution in [-0.4, -0.2) is 49.7 Å². The number of hydrogen-bond acceptors (Lipinski definition) is 7. The number of carbonyl (C=O) groups excluding carboxylic acids is 4. The SMILES string of the molecule is COC(=O)NC(=O)[C@@H](C)OC(=O)[C@H]1CN(C(C)=O)c2ccccc2O1. The molecule has 0 aromatic heterocycles. The summed E-state index contributed by atoms with van der Waals surface area (Å²) in [5.74, 6) is -1.56. The van der Waals surface area contributed by atoms with Gasteiger partial charge in [0, 0.05) is 6.92 Å². The average molecular weight is 350 g/mol. The van der Waals surface area contributed by atoms with E-state index in [1.54, 1.807) is 24.3 Å². The summed E-state index contributed by atoms with van der Waals surface area (Å²) >= 11 is 0. The Morgan fingerprint density at radius 3 is 2.60 bits per heavy atom. The van der Waals surface area contributed by atoms with Crippen LogP contribution in [0.5, 0.6) is 5.75 Å². The van der Waals surface area contributed by atoms with Crippen molar-refractivity contribution in [2.75, 3.05) is 18.6 Å². The van der Waals surface area contributed by atoms with Crippen LogP contribution >= 0.6 is 0 Å². The molecule has 134 valence electrons. The zero-order valence-corrected chi connectivity index (χ0v) is 14.0. The van der Waals surface area contributed by atoms with Gasteiger partial charge < -0.3 is 19.1 Å². The minimum atomic E-state index is -1.24. The molecule has 2 rings (SSSR count). The van der Waals surface area contributed by atoms with Crippen molar-refractivity contribution in [1.29, 1.82) is 0 Å². The highest BCUT2D eigenvalue weighted by Crippen LogP contribution is 2.33. The third-order valence-corrected chi connectivity index (χ3v) is 3.49. The first kappa shape index (κ1) is 18.2. The molecule has 0 unspecified atom stereocenters. The molecule has 1 heterocycles. The lowest BCUT2D eigenvalue weighted by Gasteiger charge is -2.33. The summed E-state index contributed by atoms with van der Waals surface area (Å²) in [6, 6.07) is 6.77. The van der Waals surface area contributed by atoms with Crippen molar-refractivity contribution in [3.05, 3.63) is 24.3 Å². The maximum Gasteiger partial charge on any atom is 0.413 e. The van der Waals surface area contributed by atoms with E-state index in [9.17, 15) is 19.2 Å². The molecule has 0 saturated carbocycles. The highest BCUT2D eigenvalue weighted by molar-refractivity contribution is 5.97. The molecule has 9 heteroatoms. The minimum Gasteiger partial charge on any atom is -0.475 e. The summed E-state index contributed by atoms with van der Waals surface area (Å²) in [7, 11) is 1.10. The number of alkyl carbamates (subject to hydrolysis) is 1. The Morgan fingerprint density at radius 1 is 1.28 bits per heavy atom. The van der Waals surface area contributed by atoms with Gasteiger partial charge in [-0.3, -0.25) is 14.9 Å². The van der Waals surface area contributed by atoms with Crippen LogP contribution < -0.4 is 15.0 Å². The molecule has 0 bridgehead atoms. The lowest BCUT2D eigenvalue weighted by Crippen LogP contribution is -2.49. The van der Waals surface area contributed by atoms with E-state index in [2.05, 4.69) is 4.74 Å². The second-order valence-electron chi connectivity index (χ2n) is 5.26. The third kappa shape index (κ3) is 4.25. The second kappa shape index (κ2) is 7.65. The van der Waals surface area contributed by atoms with Gasteiger partial charge in [-0.1, -0.05) is 12.1 Å². The fourth-order valence-electron chi connectivity index (χ4n) is 2.21. The molecule has 0 radical (unpaired) electrons. The van der Waals surface area contributed by atoms with Crippen LogP contribution in [0.1, 0.15) is 13.8 Å². The predicted molar refractivity (Wildman–Crippen MR) is 85.0 cm³/mol. The minimum absolute atomic E-state index is 0.0451. The number of benzene rings is 1. The number of carbonyl (C=O) groups is 4. The molecule has 25 heavy (non-hydrogen) atoms. The van der Waals surface area contributed by atoms with Crippen LogP contribution in [0.4, 0.5) is 10.5 Å². The zero-order valence-electron chi connectivity index (χ0n) is 14.0. The van der Waals surface area contributed by atoms with Gasteiger partial charge in [-0.15, -0.1) is 0 Å². The molecule has 1 aromatic rings. The molecule has 3 amide bonds. The van der Waals surface area contributed by atoms with Crippen molar-refractivity contribution >= 4 is 29.6 Å². The van der Waals surface area contributed by atoms with Gasteiger partial charge in [0.25, 0.3) is 5.91 Å². The number of para-hydroxylation sites is 2. The largest absolute Gasteiger partial charge is 0.475 e. The zero-order chi connectivity index (χ0) is 18.6. The lowest BCUT2D eigenvalue weighted by molar-refractivity contribution is -0.161. The molecule has 1 aliphatic rings. The molecule has 0 fully saturated rings. The summed E-state index contributed by atoms with van der Waals surface area (Å²) in [4.78, 5) is 48.2. The standard InChI is InChI=1S/C16H18N2O7/c1-9(14(20)17-16(22)23-3)24-15(21)13-8-18(10(2)19)11-6-4-5-7-12(11)25-13/h4-7,9,13H,8H2,1-3H3,(H,17,20,22)/t9-,13-/m1/s1. The molecule has 1 N–H and O–H groups in total. The highest BCUT2D eigenvalue weighted by Gasteiger charge is 2.35. The van der Waals surface area contributed by atoms with Gasteiger partial charge in [0.15, 0.2) is 6.10 Å². The Bertz CT molecular complexity index is 703. The normalized spacial score (nSPS) is 16.8. The van der Waals surface area contributed by atoms with Crippen molar-refractivity contribution in [2.24, 2.45) is 0 Å². The summed E-state index contributed by atoms with van der Waals surface area (Å²) in [6.45, 7) is 2.63. The van der Waals surface area contributed by atoms with E-state index in [0.29, 0.717) is 11.4 Å². The Morgan fingerprint density at radius 2 is 1.96 bits per heavy atom. The van der Waals surface area contributed by atoms with Crippen LogP contribution in [0.25, 0.3) is 0 Å². The molecule has 2 atom stereocenters. The molecular weight excluding hydrogens is 332 g/mol. The summed E-state index contributed by atoms with van der Waals surface area (Å²) in [5, 5.41) is 1.90. The molecule has 0 spiro atoms. The number of imide groups is 1. The van der Waals surface area contributed by atoms with E-state index in [-0.39, 0.29) is 12.5 Å². The van der Waals surface area contributed by atoms with Gasteiger partial charge in [0.2, 0.25) is 12.0 Å². The van der Waals surface area contributed by atoms with Gasteiger partial charge in [0.05, 0.1) is 19.3 Å². The Hall–Kier alpha value is -3.10. The molecule has 1 aliphatic heterocycles. The summed E-state index contributed by atoms with van der Waals surface area (Å²) < 4.78 is 14.9. The van der Waals surface area contributed by atoms with Gasteiger partial charge in [-0.05, 0) is 19.1 Å². The molecule has 0 saturated heterocycles. The summed E-state index contributed by atoms with van der Waals surface area (Å²) in [5.41, 5.74) is 0.551. The van der Waals surface area contributed by atoms with Gasteiger partial charge in [-0.25, -0.2) is 9.59 Å². The summed E-state index contributed by atoms with van der Waals surface area (Å²) in [6.07, 6.45) is -3.29.